The van der Waals surface area contributed by atoms with E-state index in [9.17, 15) is 18.0 Å². The lowest BCUT2D eigenvalue weighted by Crippen LogP contribution is -2.32. The van der Waals surface area contributed by atoms with E-state index in [0.29, 0.717) is 21.9 Å². The quantitative estimate of drug-likeness (QED) is 0.465. The van der Waals surface area contributed by atoms with E-state index in [0.717, 1.165) is 0 Å². The number of hydrogen-bond donors (Lipinski definition) is 3. The van der Waals surface area contributed by atoms with Gasteiger partial charge in [0.2, 0.25) is 10.0 Å². The van der Waals surface area contributed by atoms with Crippen molar-refractivity contribution < 1.29 is 8.42 Å². The van der Waals surface area contributed by atoms with Crippen LogP contribution in [-0.2, 0) is 16.6 Å². The maximum absolute atomic E-state index is 13.1. The van der Waals surface area contributed by atoms with E-state index < -0.39 is 15.7 Å². The molecule has 0 atom stereocenters. The summed E-state index contributed by atoms with van der Waals surface area (Å²) in [5.41, 5.74) is 0.697. The Morgan fingerprint density at radius 2 is 1.75 bits per heavy atom. The molecule has 0 aliphatic rings. The van der Waals surface area contributed by atoms with Gasteiger partial charge in [0.1, 0.15) is 5.82 Å². The second-order valence-electron chi connectivity index (χ2n) is 6.25. The van der Waals surface area contributed by atoms with Crippen molar-refractivity contribution in [3.05, 3.63) is 69.1 Å². The summed E-state index contributed by atoms with van der Waals surface area (Å²) in [6, 6.07) is 11.2. The third-order valence-electron chi connectivity index (χ3n) is 4.47. The van der Waals surface area contributed by atoms with Crippen molar-refractivity contribution in [2.75, 3.05) is 6.54 Å². The first-order valence-electron chi connectivity index (χ1n) is 8.58. The monoisotopic (exact) mass is 399 g/mol. The van der Waals surface area contributed by atoms with E-state index in [1.54, 1.807) is 31.2 Å². The van der Waals surface area contributed by atoms with E-state index in [1.807, 2.05) is 0 Å². The molecule has 2 heterocycles. The SMILES string of the molecule is CCN(Cc1nc2ccccc2c(=O)[nH]1)S(=O)(=O)c1ccc2[nH]c(=O)[nH]c2c1. The van der Waals surface area contributed by atoms with Gasteiger partial charge in [-0.05, 0) is 30.3 Å². The molecule has 0 bridgehead atoms. The summed E-state index contributed by atoms with van der Waals surface area (Å²) in [5, 5.41) is 0.444. The van der Waals surface area contributed by atoms with Gasteiger partial charge in [-0.25, -0.2) is 18.2 Å². The first kappa shape index (κ1) is 18.1. The summed E-state index contributed by atoms with van der Waals surface area (Å²) in [4.78, 5) is 35.8. The summed E-state index contributed by atoms with van der Waals surface area (Å²) in [7, 11) is -3.86. The van der Waals surface area contributed by atoms with E-state index in [4.69, 9.17) is 0 Å². The summed E-state index contributed by atoms with van der Waals surface area (Å²) in [6.45, 7) is 1.80. The molecule has 10 heteroatoms. The molecule has 0 amide bonds. The van der Waals surface area contributed by atoms with E-state index in [-0.39, 0.29) is 29.4 Å². The van der Waals surface area contributed by atoms with Gasteiger partial charge in [0.15, 0.2) is 0 Å². The van der Waals surface area contributed by atoms with Crippen molar-refractivity contribution in [1.29, 1.82) is 0 Å². The fourth-order valence-electron chi connectivity index (χ4n) is 3.06. The Labute approximate surface area is 159 Å². The third-order valence-corrected chi connectivity index (χ3v) is 6.38. The number of aromatic nitrogens is 4. The van der Waals surface area contributed by atoms with Gasteiger partial charge >= 0.3 is 5.69 Å². The summed E-state index contributed by atoms with van der Waals surface area (Å²) in [6.07, 6.45) is 0. The highest BCUT2D eigenvalue weighted by molar-refractivity contribution is 7.89. The van der Waals surface area contributed by atoms with Crippen molar-refractivity contribution in [1.82, 2.24) is 24.2 Å². The molecular formula is C18H17N5O4S. The van der Waals surface area contributed by atoms with Crippen LogP contribution in [0.1, 0.15) is 12.7 Å². The predicted molar refractivity (Wildman–Crippen MR) is 105 cm³/mol. The van der Waals surface area contributed by atoms with Gasteiger partial charge in [-0.15, -0.1) is 0 Å². The minimum absolute atomic E-state index is 0.0419. The van der Waals surface area contributed by atoms with Crippen molar-refractivity contribution in [3.8, 4) is 0 Å². The number of hydrogen-bond acceptors (Lipinski definition) is 5. The maximum Gasteiger partial charge on any atom is 0.323 e. The molecule has 144 valence electrons. The Bertz CT molecular complexity index is 1400. The molecule has 0 saturated heterocycles. The summed E-state index contributed by atoms with van der Waals surface area (Å²) >= 11 is 0. The van der Waals surface area contributed by atoms with Crippen molar-refractivity contribution in [2.24, 2.45) is 0 Å². The number of nitrogens with zero attached hydrogens (tertiary/aromatic N) is 2. The Kier molecular flexibility index (Phi) is 4.36. The Morgan fingerprint density at radius 3 is 2.54 bits per heavy atom. The zero-order chi connectivity index (χ0) is 19.9. The van der Waals surface area contributed by atoms with Gasteiger partial charge in [-0.1, -0.05) is 19.1 Å². The van der Waals surface area contributed by atoms with Crippen LogP contribution in [0.3, 0.4) is 0 Å². The van der Waals surface area contributed by atoms with E-state index in [1.165, 1.54) is 22.5 Å². The molecule has 3 N–H and O–H groups in total. The molecule has 9 nitrogen and oxygen atoms in total. The average molecular weight is 399 g/mol. The number of benzene rings is 2. The van der Waals surface area contributed by atoms with Crippen LogP contribution in [0.2, 0.25) is 0 Å². The molecule has 0 aliphatic carbocycles. The number of rotatable bonds is 5. The molecule has 2 aromatic heterocycles. The Hall–Kier alpha value is -3.24. The van der Waals surface area contributed by atoms with E-state index >= 15 is 0 Å². The third kappa shape index (κ3) is 3.12. The average Bonchev–Trinajstić information content (AvgIpc) is 3.05. The number of sulfonamides is 1. The fraction of sp³-hybridized carbons (Fsp3) is 0.167. The first-order valence-corrected chi connectivity index (χ1v) is 10.0. The molecule has 28 heavy (non-hydrogen) atoms. The lowest BCUT2D eigenvalue weighted by Gasteiger charge is -2.20. The molecule has 0 radical (unpaired) electrons. The fourth-order valence-corrected chi connectivity index (χ4v) is 4.50. The van der Waals surface area contributed by atoms with E-state index in [2.05, 4.69) is 19.9 Å². The van der Waals surface area contributed by atoms with Crippen LogP contribution in [0.5, 0.6) is 0 Å². The molecule has 0 spiro atoms. The Morgan fingerprint density at radius 1 is 1.00 bits per heavy atom. The van der Waals surface area contributed by atoms with Crippen LogP contribution in [0.4, 0.5) is 0 Å². The lowest BCUT2D eigenvalue weighted by molar-refractivity contribution is 0.414. The van der Waals surface area contributed by atoms with Crippen molar-refractivity contribution >= 4 is 32.0 Å². The predicted octanol–water partition coefficient (Wildman–Crippen LogP) is 1.30. The topological polar surface area (TPSA) is 132 Å². The molecule has 2 aromatic carbocycles. The highest BCUT2D eigenvalue weighted by Crippen LogP contribution is 2.20. The molecule has 0 fully saturated rings. The molecule has 0 unspecified atom stereocenters. The minimum atomic E-state index is -3.86. The van der Waals surface area contributed by atoms with Crippen LogP contribution < -0.4 is 11.2 Å². The van der Waals surface area contributed by atoms with Crippen LogP contribution in [0.25, 0.3) is 21.9 Å². The van der Waals surface area contributed by atoms with Crippen LogP contribution in [0, 0.1) is 0 Å². The maximum atomic E-state index is 13.1. The number of fused-ring (bicyclic) bond motifs is 2. The largest absolute Gasteiger partial charge is 0.323 e. The lowest BCUT2D eigenvalue weighted by atomic mass is 10.2. The van der Waals surface area contributed by atoms with Crippen molar-refractivity contribution in [3.63, 3.8) is 0 Å². The zero-order valence-corrected chi connectivity index (χ0v) is 15.7. The highest BCUT2D eigenvalue weighted by atomic mass is 32.2. The van der Waals surface area contributed by atoms with Gasteiger partial charge in [-0.2, -0.15) is 4.31 Å². The number of para-hydroxylation sites is 1. The zero-order valence-electron chi connectivity index (χ0n) is 14.9. The molecule has 4 rings (SSSR count). The smallest absolute Gasteiger partial charge is 0.309 e. The van der Waals surface area contributed by atoms with Gasteiger partial charge < -0.3 is 15.0 Å². The summed E-state index contributed by atoms with van der Waals surface area (Å²) in [5.74, 6) is 0.255. The van der Waals surface area contributed by atoms with Gasteiger partial charge in [0, 0.05) is 6.54 Å². The normalized spacial score (nSPS) is 12.2. The molecular weight excluding hydrogens is 382 g/mol. The second kappa shape index (κ2) is 6.73. The molecule has 0 aliphatic heterocycles. The van der Waals surface area contributed by atoms with Crippen LogP contribution in [-0.4, -0.2) is 39.2 Å². The van der Waals surface area contributed by atoms with Crippen LogP contribution >= 0.6 is 0 Å². The standard InChI is InChI=1S/C18H17N5O4S/c1-2-23(10-16-19-13-6-4-3-5-12(13)17(24)22-16)28(26,27)11-7-8-14-15(9-11)21-18(25)20-14/h3-9H,2,10H2,1H3,(H,19,22,24)(H2,20,21,25). The molecule has 4 aromatic rings. The van der Waals surface area contributed by atoms with Crippen LogP contribution in [0.15, 0.2) is 56.9 Å². The Balaban J connectivity index is 1.72. The number of aromatic amines is 3. The highest BCUT2D eigenvalue weighted by Gasteiger charge is 2.25. The minimum Gasteiger partial charge on any atom is -0.309 e. The second-order valence-corrected chi connectivity index (χ2v) is 8.19. The summed E-state index contributed by atoms with van der Waals surface area (Å²) < 4.78 is 27.4. The number of imidazole rings is 1. The number of H-pyrrole nitrogens is 3. The van der Waals surface area contributed by atoms with Gasteiger partial charge in [-0.3, -0.25) is 4.79 Å². The van der Waals surface area contributed by atoms with Gasteiger partial charge in [0.25, 0.3) is 5.56 Å². The first-order chi connectivity index (χ1) is 13.4. The van der Waals surface area contributed by atoms with Crippen molar-refractivity contribution in [2.45, 2.75) is 18.4 Å². The number of nitrogens with one attached hydrogen (secondary N) is 3. The van der Waals surface area contributed by atoms with Gasteiger partial charge in [0.05, 0.1) is 33.4 Å². The molecule has 0 saturated carbocycles.